The number of likely N-dealkylation sites (tertiary alicyclic amines) is 1. The molecular formula is C22H26FN3O2. The van der Waals surface area contributed by atoms with E-state index in [2.05, 4.69) is 10.6 Å². The van der Waals surface area contributed by atoms with Crippen molar-refractivity contribution in [2.45, 2.75) is 32.7 Å². The molecule has 1 aliphatic rings. The summed E-state index contributed by atoms with van der Waals surface area (Å²) in [5.74, 6) is -1.14. The summed E-state index contributed by atoms with van der Waals surface area (Å²) in [5, 5.41) is 5.80. The van der Waals surface area contributed by atoms with Gasteiger partial charge in [0.25, 0.3) is 0 Å². The van der Waals surface area contributed by atoms with Crippen molar-refractivity contribution in [3.8, 4) is 0 Å². The molecule has 5 nitrogen and oxygen atoms in total. The fourth-order valence-corrected chi connectivity index (χ4v) is 3.54. The Kier molecular flexibility index (Phi) is 5.97. The summed E-state index contributed by atoms with van der Waals surface area (Å²) in [6, 6.07) is 13.5. The van der Waals surface area contributed by atoms with Crippen molar-refractivity contribution in [3.05, 3.63) is 65.5 Å². The predicted octanol–water partition coefficient (Wildman–Crippen LogP) is 3.91. The van der Waals surface area contributed by atoms with Gasteiger partial charge >= 0.3 is 6.03 Å². The number of rotatable bonds is 4. The third-order valence-corrected chi connectivity index (χ3v) is 4.95. The van der Waals surface area contributed by atoms with Crippen LogP contribution in [0.25, 0.3) is 0 Å². The van der Waals surface area contributed by atoms with Gasteiger partial charge in [0.15, 0.2) is 0 Å². The highest BCUT2D eigenvalue weighted by atomic mass is 19.1. The molecule has 3 rings (SSSR count). The number of urea groups is 1. The Morgan fingerprint density at radius 1 is 1.11 bits per heavy atom. The summed E-state index contributed by atoms with van der Waals surface area (Å²) < 4.78 is 13.7. The SMILES string of the molecule is Cc1ccc(NC(=O)N2CC(C(=O)NC(C)C)C(c3cccc(F)c3)C2)cc1. The second-order valence-corrected chi connectivity index (χ2v) is 7.63. The number of halogens is 1. The first-order valence-corrected chi connectivity index (χ1v) is 9.52. The minimum atomic E-state index is -0.423. The molecule has 148 valence electrons. The Bertz CT molecular complexity index is 851. The van der Waals surface area contributed by atoms with E-state index in [1.807, 2.05) is 51.1 Å². The third kappa shape index (κ3) is 4.68. The van der Waals surface area contributed by atoms with E-state index in [1.54, 1.807) is 11.0 Å². The highest BCUT2D eigenvalue weighted by Crippen LogP contribution is 2.33. The lowest BCUT2D eigenvalue weighted by Crippen LogP contribution is -2.39. The van der Waals surface area contributed by atoms with Gasteiger partial charge in [0.05, 0.1) is 5.92 Å². The number of nitrogens with zero attached hydrogens (tertiary/aromatic N) is 1. The van der Waals surface area contributed by atoms with Gasteiger partial charge in [-0.2, -0.15) is 0 Å². The first-order valence-electron chi connectivity index (χ1n) is 9.52. The largest absolute Gasteiger partial charge is 0.354 e. The average molecular weight is 383 g/mol. The van der Waals surface area contributed by atoms with Crippen molar-refractivity contribution in [1.82, 2.24) is 10.2 Å². The molecule has 1 aliphatic heterocycles. The second-order valence-electron chi connectivity index (χ2n) is 7.63. The van der Waals surface area contributed by atoms with Crippen LogP contribution in [0.2, 0.25) is 0 Å². The molecule has 28 heavy (non-hydrogen) atoms. The molecule has 0 bridgehead atoms. The van der Waals surface area contributed by atoms with Crippen LogP contribution in [0.15, 0.2) is 48.5 Å². The van der Waals surface area contributed by atoms with Crippen LogP contribution in [0, 0.1) is 18.7 Å². The van der Waals surface area contributed by atoms with Crippen molar-refractivity contribution in [2.75, 3.05) is 18.4 Å². The van der Waals surface area contributed by atoms with Gasteiger partial charge in [-0.15, -0.1) is 0 Å². The third-order valence-electron chi connectivity index (χ3n) is 4.95. The van der Waals surface area contributed by atoms with E-state index in [-0.39, 0.29) is 36.3 Å². The monoisotopic (exact) mass is 383 g/mol. The number of carbonyl (C=O) groups is 2. The fraction of sp³-hybridized carbons (Fsp3) is 0.364. The fourth-order valence-electron chi connectivity index (χ4n) is 3.54. The summed E-state index contributed by atoms with van der Waals surface area (Å²) >= 11 is 0. The molecule has 0 aliphatic carbocycles. The minimum absolute atomic E-state index is 0.00362. The topological polar surface area (TPSA) is 61.4 Å². The van der Waals surface area contributed by atoms with Crippen LogP contribution in [0.4, 0.5) is 14.9 Å². The van der Waals surface area contributed by atoms with Crippen LogP contribution < -0.4 is 10.6 Å². The maximum Gasteiger partial charge on any atom is 0.321 e. The summed E-state index contributed by atoms with van der Waals surface area (Å²) in [5.41, 5.74) is 2.54. The number of hydrogen-bond donors (Lipinski definition) is 2. The molecule has 6 heteroatoms. The highest BCUT2D eigenvalue weighted by Gasteiger charge is 2.40. The molecule has 0 saturated carbocycles. The molecule has 0 spiro atoms. The first kappa shape index (κ1) is 19.9. The molecule has 0 aromatic heterocycles. The number of hydrogen-bond acceptors (Lipinski definition) is 2. The van der Waals surface area contributed by atoms with Crippen molar-refractivity contribution in [3.63, 3.8) is 0 Å². The molecule has 2 atom stereocenters. The van der Waals surface area contributed by atoms with E-state index in [9.17, 15) is 14.0 Å². The van der Waals surface area contributed by atoms with Gasteiger partial charge in [0, 0.05) is 30.7 Å². The molecule has 2 aromatic rings. The Labute approximate surface area is 164 Å². The second kappa shape index (κ2) is 8.42. The van der Waals surface area contributed by atoms with Gasteiger partial charge in [0.2, 0.25) is 5.91 Å². The molecule has 0 radical (unpaired) electrons. The Balaban J connectivity index is 1.79. The van der Waals surface area contributed by atoms with Gasteiger partial charge in [0.1, 0.15) is 5.82 Å². The van der Waals surface area contributed by atoms with E-state index in [1.165, 1.54) is 12.1 Å². The van der Waals surface area contributed by atoms with Gasteiger partial charge in [-0.1, -0.05) is 29.8 Å². The van der Waals surface area contributed by atoms with Crippen molar-refractivity contribution >= 4 is 17.6 Å². The Morgan fingerprint density at radius 2 is 1.82 bits per heavy atom. The van der Waals surface area contributed by atoms with Crippen LogP contribution in [0.3, 0.4) is 0 Å². The minimum Gasteiger partial charge on any atom is -0.354 e. The number of amides is 3. The van der Waals surface area contributed by atoms with Gasteiger partial charge in [-0.3, -0.25) is 4.79 Å². The van der Waals surface area contributed by atoms with Crippen LogP contribution in [-0.4, -0.2) is 36.0 Å². The zero-order valence-electron chi connectivity index (χ0n) is 16.4. The van der Waals surface area contributed by atoms with Gasteiger partial charge < -0.3 is 15.5 Å². The van der Waals surface area contributed by atoms with Crippen molar-refractivity contribution < 1.29 is 14.0 Å². The molecule has 2 aromatic carbocycles. The number of nitrogens with one attached hydrogen (secondary N) is 2. The van der Waals surface area contributed by atoms with E-state index in [0.717, 1.165) is 11.1 Å². The lowest BCUT2D eigenvalue weighted by Gasteiger charge is -2.19. The molecule has 2 N–H and O–H groups in total. The van der Waals surface area contributed by atoms with Gasteiger partial charge in [-0.25, -0.2) is 9.18 Å². The van der Waals surface area contributed by atoms with E-state index in [4.69, 9.17) is 0 Å². The zero-order chi connectivity index (χ0) is 20.3. The quantitative estimate of drug-likeness (QED) is 0.841. The Morgan fingerprint density at radius 3 is 2.46 bits per heavy atom. The van der Waals surface area contributed by atoms with Crippen LogP contribution in [0.1, 0.15) is 30.9 Å². The number of carbonyl (C=O) groups excluding carboxylic acids is 2. The van der Waals surface area contributed by atoms with Crippen LogP contribution in [0.5, 0.6) is 0 Å². The molecule has 1 saturated heterocycles. The average Bonchev–Trinajstić information content (AvgIpc) is 3.09. The molecule has 1 fully saturated rings. The highest BCUT2D eigenvalue weighted by molar-refractivity contribution is 5.91. The number of aryl methyl sites for hydroxylation is 1. The maximum atomic E-state index is 13.7. The molecule has 1 heterocycles. The standard InChI is InChI=1S/C22H26FN3O2/c1-14(2)24-21(27)20-13-26(12-19(20)16-5-4-6-17(23)11-16)22(28)25-18-9-7-15(3)8-10-18/h4-11,14,19-20H,12-13H2,1-3H3,(H,24,27)(H,25,28). The molecule has 3 amide bonds. The van der Waals surface area contributed by atoms with Crippen molar-refractivity contribution in [1.29, 1.82) is 0 Å². The summed E-state index contributed by atoms with van der Waals surface area (Å²) in [6.07, 6.45) is 0. The normalized spacial score (nSPS) is 19.0. The lowest BCUT2D eigenvalue weighted by molar-refractivity contribution is -0.125. The summed E-state index contributed by atoms with van der Waals surface area (Å²) in [4.78, 5) is 27.1. The molecule has 2 unspecified atom stereocenters. The van der Waals surface area contributed by atoms with E-state index < -0.39 is 5.92 Å². The predicted molar refractivity (Wildman–Crippen MR) is 108 cm³/mol. The lowest BCUT2D eigenvalue weighted by atomic mass is 9.88. The number of anilines is 1. The van der Waals surface area contributed by atoms with E-state index in [0.29, 0.717) is 12.2 Å². The summed E-state index contributed by atoms with van der Waals surface area (Å²) in [7, 11) is 0. The van der Waals surface area contributed by atoms with Crippen molar-refractivity contribution in [2.24, 2.45) is 5.92 Å². The maximum absolute atomic E-state index is 13.7. The molecular weight excluding hydrogens is 357 g/mol. The van der Waals surface area contributed by atoms with Crippen LogP contribution >= 0.6 is 0 Å². The van der Waals surface area contributed by atoms with Crippen LogP contribution in [-0.2, 0) is 4.79 Å². The Hall–Kier alpha value is -2.89. The zero-order valence-corrected chi connectivity index (χ0v) is 16.4. The van der Waals surface area contributed by atoms with Gasteiger partial charge in [-0.05, 0) is 50.6 Å². The smallest absolute Gasteiger partial charge is 0.321 e. The number of benzene rings is 2. The van der Waals surface area contributed by atoms with E-state index >= 15 is 0 Å². The first-order chi connectivity index (χ1) is 13.3. The summed E-state index contributed by atoms with van der Waals surface area (Å²) in [6.45, 7) is 6.42.